The highest BCUT2D eigenvalue weighted by Gasteiger charge is 2.27. The summed E-state index contributed by atoms with van der Waals surface area (Å²) in [6.45, 7) is 2.52. The van der Waals surface area contributed by atoms with Crippen LogP contribution in [-0.4, -0.2) is 38.0 Å². The largest absolute Gasteiger partial charge is 0.361 e. The number of carbonyl (C=O) groups excluding carboxylic acids is 2. The van der Waals surface area contributed by atoms with E-state index in [-0.39, 0.29) is 22.7 Å². The Bertz CT molecular complexity index is 1130. The predicted molar refractivity (Wildman–Crippen MR) is 101 cm³/mol. The second-order valence-electron chi connectivity index (χ2n) is 6.48. The summed E-state index contributed by atoms with van der Waals surface area (Å²) in [6, 6.07) is 4.76. The van der Waals surface area contributed by atoms with Crippen LogP contribution in [0.3, 0.4) is 0 Å². The Morgan fingerprint density at radius 1 is 1.36 bits per heavy atom. The molecule has 28 heavy (non-hydrogen) atoms. The molecule has 2 amide bonds. The van der Waals surface area contributed by atoms with E-state index in [0.717, 1.165) is 10.6 Å². The standard InChI is InChI=1S/C18H17N5O4S/c1-10-8-13(21-27-10)15(24)20-18-19-12-5-7-23(9-14(12)28-18)17(26)11-4-3-6-22(2)16(11)25/h3-4,6,8H,5,7,9H2,1-2H3,(H,19,20,24). The number of nitrogens with zero attached hydrogens (tertiary/aromatic N) is 4. The Balaban J connectivity index is 1.50. The molecule has 0 aromatic carbocycles. The molecule has 0 aliphatic carbocycles. The minimum absolute atomic E-state index is 0.146. The molecule has 144 valence electrons. The Morgan fingerprint density at radius 3 is 2.93 bits per heavy atom. The molecule has 1 aliphatic rings. The maximum absolute atomic E-state index is 12.8. The predicted octanol–water partition coefficient (Wildman–Crippen LogP) is 1.59. The number of aryl methyl sites for hydroxylation is 2. The van der Waals surface area contributed by atoms with Crippen LogP contribution in [-0.2, 0) is 20.0 Å². The van der Waals surface area contributed by atoms with E-state index in [1.807, 2.05) is 0 Å². The Morgan fingerprint density at radius 2 is 2.18 bits per heavy atom. The van der Waals surface area contributed by atoms with Gasteiger partial charge >= 0.3 is 0 Å². The number of hydrogen-bond acceptors (Lipinski definition) is 7. The Kier molecular flexibility index (Phi) is 4.55. The number of thiazole rings is 1. The van der Waals surface area contributed by atoms with Crippen molar-refractivity contribution in [2.75, 3.05) is 11.9 Å². The van der Waals surface area contributed by atoms with Gasteiger partial charge in [0, 0.05) is 37.2 Å². The molecule has 3 aromatic rings. The summed E-state index contributed by atoms with van der Waals surface area (Å²) in [7, 11) is 1.61. The highest BCUT2D eigenvalue weighted by Crippen LogP contribution is 2.29. The van der Waals surface area contributed by atoms with Gasteiger partial charge in [-0.25, -0.2) is 4.98 Å². The first-order chi connectivity index (χ1) is 13.4. The van der Waals surface area contributed by atoms with Crippen molar-refractivity contribution in [3.63, 3.8) is 0 Å². The number of pyridine rings is 1. The lowest BCUT2D eigenvalue weighted by Gasteiger charge is -2.25. The maximum atomic E-state index is 12.8. The molecule has 3 aromatic heterocycles. The minimum atomic E-state index is -0.399. The highest BCUT2D eigenvalue weighted by molar-refractivity contribution is 7.15. The van der Waals surface area contributed by atoms with E-state index >= 15 is 0 Å². The van der Waals surface area contributed by atoms with Crippen LogP contribution < -0.4 is 10.9 Å². The summed E-state index contributed by atoms with van der Waals surface area (Å²) in [6.07, 6.45) is 2.17. The average Bonchev–Trinajstić information content (AvgIpc) is 3.28. The fourth-order valence-corrected chi connectivity index (χ4v) is 4.01. The minimum Gasteiger partial charge on any atom is -0.361 e. The van der Waals surface area contributed by atoms with Crippen LogP contribution >= 0.6 is 11.3 Å². The first-order valence-electron chi connectivity index (χ1n) is 8.60. The van der Waals surface area contributed by atoms with E-state index in [0.29, 0.717) is 30.4 Å². The fourth-order valence-electron chi connectivity index (χ4n) is 2.99. The molecule has 0 radical (unpaired) electrons. The van der Waals surface area contributed by atoms with Gasteiger partial charge in [-0.2, -0.15) is 0 Å². The van der Waals surface area contributed by atoms with E-state index in [1.54, 1.807) is 43.3 Å². The topological polar surface area (TPSA) is 110 Å². The summed E-state index contributed by atoms with van der Waals surface area (Å²) in [5, 5.41) is 6.84. The summed E-state index contributed by atoms with van der Waals surface area (Å²) in [5.41, 5.74) is 0.857. The van der Waals surface area contributed by atoms with Crippen molar-refractivity contribution in [1.82, 2.24) is 19.6 Å². The number of aromatic nitrogens is 3. The van der Waals surface area contributed by atoms with Crippen LogP contribution in [0.4, 0.5) is 5.13 Å². The molecule has 9 nitrogen and oxygen atoms in total. The van der Waals surface area contributed by atoms with E-state index < -0.39 is 5.91 Å². The first-order valence-corrected chi connectivity index (χ1v) is 9.42. The van der Waals surface area contributed by atoms with Gasteiger partial charge in [-0.05, 0) is 19.1 Å². The van der Waals surface area contributed by atoms with Crippen LogP contribution in [0.15, 0.2) is 33.7 Å². The van der Waals surface area contributed by atoms with Crippen molar-refractivity contribution in [3.05, 3.63) is 62.3 Å². The zero-order valence-corrected chi connectivity index (χ0v) is 16.1. The smallest absolute Gasteiger partial charge is 0.279 e. The third-order valence-corrected chi connectivity index (χ3v) is 5.45. The molecule has 4 heterocycles. The lowest BCUT2D eigenvalue weighted by molar-refractivity contribution is 0.0733. The van der Waals surface area contributed by atoms with Gasteiger partial charge in [-0.3, -0.25) is 19.7 Å². The molecule has 4 rings (SSSR count). The normalized spacial score (nSPS) is 13.3. The number of rotatable bonds is 3. The van der Waals surface area contributed by atoms with Gasteiger partial charge in [-0.1, -0.05) is 16.5 Å². The molecule has 0 spiro atoms. The van der Waals surface area contributed by atoms with Crippen LogP contribution in [0.1, 0.15) is 37.2 Å². The van der Waals surface area contributed by atoms with Gasteiger partial charge < -0.3 is 14.0 Å². The molecular formula is C18H17N5O4S. The average molecular weight is 399 g/mol. The van der Waals surface area contributed by atoms with Gasteiger partial charge in [-0.15, -0.1) is 0 Å². The lowest BCUT2D eigenvalue weighted by Crippen LogP contribution is -2.39. The molecule has 1 aliphatic heterocycles. The van der Waals surface area contributed by atoms with E-state index in [4.69, 9.17) is 4.52 Å². The lowest BCUT2D eigenvalue weighted by atomic mass is 10.1. The van der Waals surface area contributed by atoms with Crippen LogP contribution in [0.5, 0.6) is 0 Å². The zero-order valence-electron chi connectivity index (χ0n) is 15.3. The monoisotopic (exact) mass is 399 g/mol. The number of amides is 2. The summed E-state index contributed by atoms with van der Waals surface area (Å²) >= 11 is 1.31. The van der Waals surface area contributed by atoms with Gasteiger partial charge in [0.15, 0.2) is 10.8 Å². The molecular weight excluding hydrogens is 382 g/mol. The van der Waals surface area contributed by atoms with E-state index in [1.165, 1.54) is 15.9 Å². The van der Waals surface area contributed by atoms with Crippen LogP contribution in [0.2, 0.25) is 0 Å². The summed E-state index contributed by atoms with van der Waals surface area (Å²) in [4.78, 5) is 44.1. The molecule has 0 atom stereocenters. The molecule has 1 N–H and O–H groups in total. The number of fused-ring (bicyclic) bond motifs is 1. The van der Waals surface area contributed by atoms with Crippen molar-refractivity contribution in [2.45, 2.75) is 19.9 Å². The van der Waals surface area contributed by atoms with Gasteiger partial charge in [0.1, 0.15) is 11.3 Å². The van der Waals surface area contributed by atoms with Crippen molar-refractivity contribution in [2.24, 2.45) is 7.05 Å². The maximum Gasteiger partial charge on any atom is 0.279 e. The Hall–Kier alpha value is -3.27. The zero-order chi connectivity index (χ0) is 19.8. The van der Waals surface area contributed by atoms with Gasteiger partial charge in [0.25, 0.3) is 17.4 Å². The summed E-state index contributed by atoms with van der Waals surface area (Å²) < 4.78 is 6.29. The van der Waals surface area contributed by atoms with Gasteiger partial charge in [0.05, 0.1) is 12.2 Å². The number of carbonyl (C=O) groups is 2. The first kappa shape index (κ1) is 18.1. The summed E-state index contributed by atoms with van der Waals surface area (Å²) in [5.74, 6) is -0.155. The quantitative estimate of drug-likeness (QED) is 0.716. The van der Waals surface area contributed by atoms with Crippen LogP contribution in [0, 0.1) is 6.92 Å². The molecule has 10 heteroatoms. The Labute approximate surface area is 163 Å². The molecule has 0 saturated carbocycles. The third kappa shape index (κ3) is 3.33. The van der Waals surface area contributed by atoms with Crippen molar-refractivity contribution < 1.29 is 14.1 Å². The number of nitrogens with one attached hydrogen (secondary N) is 1. The highest BCUT2D eigenvalue weighted by atomic mass is 32.1. The van der Waals surface area contributed by atoms with Crippen LogP contribution in [0.25, 0.3) is 0 Å². The van der Waals surface area contributed by atoms with E-state index in [9.17, 15) is 14.4 Å². The fraction of sp³-hybridized carbons (Fsp3) is 0.278. The molecule has 0 unspecified atom stereocenters. The third-order valence-electron chi connectivity index (χ3n) is 4.45. The van der Waals surface area contributed by atoms with Crippen molar-refractivity contribution in [1.29, 1.82) is 0 Å². The molecule has 0 saturated heterocycles. The number of anilines is 1. The second-order valence-corrected chi connectivity index (χ2v) is 7.56. The van der Waals surface area contributed by atoms with Gasteiger partial charge in [0.2, 0.25) is 0 Å². The number of hydrogen-bond donors (Lipinski definition) is 1. The van der Waals surface area contributed by atoms with Crippen molar-refractivity contribution in [3.8, 4) is 0 Å². The second kappa shape index (κ2) is 7.04. The SMILES string of the molecule is Cc1cc(C(=O)Nc2nc3c(s2)CN(C(=O)c2cccn(C)c2=O)CC3)no1. The van der Waals surface area contributed by atoms with Crippen molar-refractivity contribution >= 4 is 28.3 Å². The van der Waals surface area contributed by atoms with E-state index in [2.05, 4.69) is 15.5 Å². The molecule has 0 fully saturated rings. The molecule has 0 bridgehead atoms.